The Balaban J connectivity index is 2.17. The largest absolute Gasteiger partial charge is 0.295 e. The Morgan fingerprint density at radius 1 is 1.47 bits per heavy atom. The van der Waals surface area contributed by atoms with E-state index in [4.69, 9.17) is 0 Å². The number of carbonyl (C=O) groups excluding carboxylic acids is 1. The quantitative estimate of drug-likeness (QED) is 0.700. The fourth-order valence-corrected chi connectivity index (χ4v) is 1.86. The zero-order chi connectivity index (χ0) is 11.0. The zero-order valence-electron chi connectivity index (χ0n) is 8.41. The first kappa shape index (κ1) is 10.3. The first-order chi connectivity index (χ1) is 7.09. The van der Waals surface area contributed by atoms with E-state index in [1.54, 1.807) is 18.2 Å². The lowest BCUT2D eigenvalue weighted by atomic mass is 10.0. The molecule has 1 aromatic rings. The van der Waals surface area contributed by atoms with Crippen molar-refractivity contribution in [1.82, 2.24) is 0 Å². The molecule has 0 saturated heterocycles. The molecule has 0 aliphatic heterocycles. The molecule has 0 spiro atoms. The summed E-state index contributed by atoms with van der Waals surface area (Å²) in [5, 5.41) is 0. The van der Waals surface area contributed by atoms with E-state index < -0.39 is 12.3 Å². The molecule has 0 aromatic heterocycles. The molecule has 0 amide bonds. The molecule has 1 saturated carbocycles. The van der Waals surface area contributed by atoms with Crippen LogP contribution in [0, 0.1) is 5.92 Å². The second kappa shape index (κ2) is 3.72. The Kier molecular flexibility index (Phi) is 2.55. The van der Waals surface area contributed by atoms with Crippen LogP contribution in [0.1, 0.15) is 35.2 Å². The van der Waals surface area contributed by atoms with Gasteiger partial charge in [0.25, 0.3) is 0 Å². The van der Waals surface area contributed by atoms with E-state index in [0.717, 1.165) is 5.56 Å². The Bertz CT molecular complexity index is 387. The van der Waals surface area contributed by atoms with Gasteiger partial charge in [0.2, 0.25) is 6.43 Å². The second-order valence-electron chi connectivity index (χ2n) is 4.02. The van der Waals surface area contributed by atoms with Crippen LogP contribution in [-0.2, 0) is 0 Å². The summed E-state index contributed by atoms with van der Waals surface area (Å²) < 4.78 is 24.7. The van der Waals surface area contributed by atoms with E-state index in [-0.39, 0.29) is 11.7 Å². The van der Waals surface area contributed by atoms with Crippen molar-refractivity contribution in [1.29, 1.82) is 0 Å². The first-order valence-electron chi connectivity index (χ1n) is 4.98. The summed E-state index contributed by atoms with van der Waals surface area (Å²) in [6.45, 7) is 1.48. The van der Waals surface area contributed by atoms with Crippen molar-refractivity contribution in [3.05, 3.63) is 35.4 Å². The number of alkyl halides is 2. The van der Waals surface area contributed by atoms with Crippen molar-refractivity contribution >= 4 is 5.78 Å². The summed E-state index contributed by atoms with van der Waals surface area (Å²) in [5.74, 6) is -0.581. The van der Waals surface area contributed by atoms with E-state index in [1.807, 2.05) is 6.07 Å². The number of ketones is 1. The van der Waals surface area contributed by atoms with Crippen LogP contribution in [0.5, 0.6) is 0 Å². The molecule has 15 heavy (non-hydrogen) atoms. The fourth-order valence-electron chi connectivity index (χ4n) is 1.86. The summed E-state index contributed by atoms with van der Waals surface area (Å²) >= 11 is 0. The molecule has 0 N–H and O–H groups in total. The Morgan fingerprint density at radius 3 is 2.73 bits per heavy atom. The van der Waals surface area contributed by atoms with Gasteiger partial charge in [-0.25, -0.2) is 8.78 Å². The molecule has 0 radical (unpaired) electrons. The van der Waals surface area contributed by atoms with Gasteiger partial charge in [0.05, 0.1) is 0 Å². The molecule has 0 heterocycles. The van der Waals surface area contributed by atoms with Gasteiger partial charge in [0.1, 0.15) is 0 Å². The number of hydrogen-bond donors (Lipinski definition) is 0. The lowest BCUT2D eigenvalue weighted by Gasteiger charge is -2.02. The molecule has 3 heteroatoms. The lowest BCUT2D eigenvalue weighted by Crippen LogP contribution is -1.97. The average molecular weight is 210 g/mol. The third-order valence-electron chi connectivity index (χ3n) is 2.88. The van der Waals surface area contributed by atoms with E-state index in [0.29, 0.717) is 12.0 Å². The van der Waals surface area contributed by atoms with Gasteiger partial charge in [0.15, 0.2) is 5.78 Å². The highest BCUT2D eigenvalue weighted by molar-refractivity contribution is 5.94. The second-order valence-corrected chi connectivity index (χ2v) is 4.02. The molecule has 2 unspecified atom stereocenters. The van der Waals surface area contributed by atoms with Crippen molar-refractivity contribution in [3.8, 4) is 0 Å². The van der Waals surface area contributed by atoms with Crippen molar-refractivity contribution < 1.29 is 13.6 Å². The van der Waals surface area contributed by atoms with E-state index in [1.165, 1.54) is 6.92 Å². The van der Waals surface area contributed by atoms with Gasteiger partial charge in [-0.3, -0.25) is 4.79 Å². The van der Waals surface area contributed by atoms with E-state index in [2.05, 4.69) is 0 Å². The average Bonchev–Trinajstić information content (AvgIpc) is 2.97. The van der Waals surface area contributed by atoms with Crippen LogP contribution in [0.15, 0.2) is 24.3 Å². The lowest BCUT2D eigenvalue weighted by molar-refractivity contribution is 0.101. The minimum Gasteiger partial charge on any atom is -0.295 e. The van der Waals surface area contributed by atoms with Gasteiger partial charge in [0, 0.05) is 11.5 Å². The predicted octanol–water partition coefficient (Wildman–Crippen LogP) is 3.26. The molecular weight excluding hydrogens is 198 g/mol. The summed E-state index contributed by atoms with van der Waals surface area (Å²) in [6.07, 6.45) is -1.70. The van der Waals surface area contributed by atoms with Crippen molar-refractivity contribution in [3.63, 3.8) is 0 Å². The van der Waals surface area contributed by atoms with Crippen molar-refractivity contribution in [2.75, 3.05) is 0 Å². The number of Topliss-reactive ketones (excluding diaryl/α,β-unsaturated/α-hetero) is 1. The third kappa shape index (κ3) is 2.06. The molecule has 0 bridgehead atoms. The smallest absolute Gasteiger partial charge is 0.242 e. The maximum absolute atomic E-state index is 12.3. The van der Waals surface area contributed by atoms with Gasteiger partial charge >= 0.3 is 0 Å². The maximum Gasteiger partial charge on any atom is 0.242 e. The number of benzene rings is 1. The van der Waals surface area contributed by atoms with Crippen molar-refractivity contribution in [2.24, 2.45) is 5.92 Å². The Labute approximate surface area is 87.1 Å². The summed E-state index contributed by atoms with van der Waals surface area (Å²) in [7, 11) is 0. The van der Waals surface area contributed by atoms with Crippen LogP contribution in [0.3, 0.4) is 0 Å². The molecule has 80 valence electrons. The molecular formula is C12H12F2O. The molecule has 1 nitrogen and oxygen atoms in total. The van der Waals surface area contributed by atoms with Gasteiger partial charge in [-0.05, 0) is 30.9 Å². The van der Waals surface area contributed by atoms with Gasteiger partial charge in [-0.15, -0.1) is 0 Å². The molecule has 1 fully saturated rings. The topological polar surface area (TPSA) is 17.1 Å². The number of halogens is 2. The van der Waals surface area contributed by atoms with Crippen LogP contribution in [-0.4, -0.2) is 12.2 Å². The SMILES string of the molecule is CC(=O)c1cccc(C2CC2C(F)F)c1. The Hall–Kier alpha value is -1.25. The monoisotopic (exact) mass is 210 g/mol. The standard InChI is InChI=1S/C12H12F2O/c1-7(15)8-3-2-4-9(5-8)10-6-11(10)12(13)14/h2-5,10-12H,6H2,1H3. The highest BCUT2D eigenvalue weighted by Crippen LogP contribution is 2.50. The van der Waals surface area contributed by atoms with Crippen LogP contribution in [0.4, 0.5) is 8.78 Å². The number of hydrogen-bond acceptors (Lipinski definition) is 1. The fraction of sp³-hybridized carbons (Fsp3) is 0.417. The van der Waals surface area contributed by atoms with Gasteiger partial charge < -0.3 is 0 Å². The molecule has 1 aliphatic carbocycles. The molecule has 1 aliphatic rings. The van der Waals surface area contributed by atoms with Crippen LogP contribution in [0.2, 0.25) is 0 Å². The predicted molar refractivity (Wildman–Crippen MR) is 53.3 cm³/mol. The van der Waals surface area contributed by atoms with E-state index >= 15 is 0 Å². The minimum absolute atomic E-state index is 0.0221. The van der Waals surface area contributed by atoms with Gasteiger partial charge in [-0.2, -0.15) is 0 Å². The number of rotatable bonds is 3. The zero-order valence-corrected chi connectivity index (χ0v) is 8.41. The molecule has 2 rings (SSSR count). The van der Waals surface area contributed by atoms with Crippen LogP contribution >= 0.6 is 0 Å². The first-order valence-corrected chi connectivity index (χ1v) is 4.98. The highest BCUT2D eigenvalue weighted by atomic mass is 19.3. The van der Waals surface area contributed by atoms with E-state index in [9.17, 15) is 13.6 Å². The van der Waals surface area contributed by atoms with Crippen LogP contribution in [0.25, 0.3) is 0 Å². The minimum atomic E-state index is -2.24. The molecule has 2 atom stereocenters. The normalized spacial score (nSPS) is 24.3. The summed E-state index contributed by atoms with van der Waals surface area (Å²) in [5.41, 5.74) is 1.47. The summed E-state index contributed by atoms with van der Waals surface area (Å²) in [4.78, 5) is 11.1. The number of carbonyl (C=O) groups is 1. The molecule has 1 aromatic carbocycles. The van der Waals surface area contributed by atoms with Gasteiger partial charge in [-0.1, -0.05) is 18.2 Å². The van der Waals surface area contributed by atoms with Crippen LogP contribution < -0.4 is 0 Å². The third-order valence-corrected chi connectivity index (χ3v) is 2.88. The summed E-state index contributed by atoms with van der Waals surface area (Å²) in [6, 6.07) is 7.02. The maximum atomic E-state index is 12.3. The Morgan fingerprint density at radius 2 is 2.20 bits per heavy atom. The van der Waals surface area contributed by atoms with Crippen molar-refractivity contribution in [2.45, 2.75) is 25.7 Å². The highest BCUT2D eigenvalue weighted by Gasteiger charge is 2.44.